The number of rotatable bonds is 0. The van der Waals surface area contributed by atoms with Gasteiger partial charge in [0.15, 0.2) is 5.15 Å². The summed E-state index contributed by atoms with van der Waals surface area (Å²) in [7, 11) is 3.56. The molecule has 10 heavy (non-hydrogen) atoms. The Kier molecular flexibility index (Phi) is 1.79. The topological polar surface area (TPSA) is 27.7 Å². The van der Waals surface area contributed by atoms with Crippen molar-refractivity contribution in [2.24, 2.45) is 0 Å². The van der Waals surface area contributed by atoms with Crippen LogP contribution in [0.5, 0.6) is 0 Å². The van der Waals surface area contributed by atoms with E-state index in [1.54, 1.807) is 18.3 Å². The van der Waals surface area contributed by atoms with Crippen LogP contribution in [-0.2, 0) is 0 Å². The second-order valence-corrected chi connectivity index (χ2v) is 2.21. The van der Waals surface area contributed by atoms with Crippen LogP contribution in [-0.4, -0.2) is 0 Å². The van der Waals surface area contributed by atoms with E-state index in [2.05, 4.69) is 7.05 Å². The number of aromatic nitrogens is 1. The van der Waals surface area contributed by atoms with Crippen molar-refractivity contribution < 1.29 is 4.57 Å². The van der Waals surface area contributed by atoms with Gasteiger partial charge < -0.3 is 4.57 Å². The molecule has 1 heterocycles. The number of halogens is 1. The molecule has 0 unspecified atom stereocenters. The lowest BCUT2D eigenvalue weighted by Gasteiger charge is -1.97. The second kappa shape index (κ2) is 2.59. The minimum Gasteiger partial charge on any atom is -0.322 e. The van der Waals surface area contributed by atoms with Crippen LogP contribution in [0, 0.1) is 18.4 Å². The molecule has 0 atom stereocenters. The molecule has 1 rings (SSSR count). The van der Waals surface area contributed by atoms with Crippen LogP contribution < -0.4 is 4.57 Å². The molecule has 0 radical (unpaired) electrons. The average Bonchev–Trinajstić information content (AvgIpc) is 1.95. The van der Waals surface area contributed by atoms with E-state index in [4.69, 9.17) is 16.9 Å². The molecule has 0 bridgehead atoms. The van der Waals surface area contributed by atoms with Crippen LogP contribution in [0.2, 0.25) is 5.15 Å². The SMILES string of the molecule is [CH2-][n+]1cc(C#N)ccc1Cl. The lowest BCUT2D eigenvalue weighted by Crippen LogP contribution is -2.26. The fraction of sp³-hybridized carbons (Fsp3) is 0. The first kappa shape index (κ1) is 6.91. The van der Waals surface area contributed by atoms with Crippen molar-refractivity contribution in [1.29, 1.82) is 5.26 Å². The lowest BCUT2D eigenvalue weighted by atomic mass is 10.3. The number of hydrogen-bond acceptors (Lipinski definition) is 1. The van der Waals surface area contributed by atoms with E-state index in [1.807, 2.05) is 6.07 Å². The molecule has 0 spiro atoms. The van der Waals surface area contributed by atoms with Gasteiger partial charge in [-0.3, -0.25) is 0 Å². The maximum absolute atomic E-state index is 8.42. The summed E-state index contributed by atoms with van der Waals surface area (Å²) in [6.45, 7) is 0. The largest absolute Gasteiger partial charge is 0.322 e. The predicted molar refractivity (Wildman–Crippen MR) is 37.1 cm³/mol. The summed E-state index contributed by atoms with van der Waals surface area (Å²) >= 11 is 5.63. The van der Waals surface area contributed by atoms with Gasteiger partial charge >= 0.3 is 0 Å². The van der Waals surface area contributed by atoms with E-state index >= 15 is 0 Å². The molecule has 1 aromatic heterocycles. The summed E-state index contributed by atoms with van der Waals surface area (Å²) in [6.07, 6.45) is 1.57. The zero-order valence-corrected chi connectivity index (χ0v) is 5.97. The summed E-state index contributed by atoms with van der Waals surface area (Å²) in [6, 6.07) is 5.25. The van der Waals surface area contributed by atoms with Crippen molar-refractivity contribution in [2.75, 3.05) is 0 Å². The fourth-order valence-corrected chi connectivity index (χ4v) is 0.705. The lowest BCUT2D eigenvalue weighted by molar-refractivity contribution is -0.610. The maximum Gasteiger partial charge on any atom is 0.172 e. The molecule has 0 fully saturated rings. The fourth-order valence-electron chi connectivity index (χ4n) is 0.593. The smallest absolute Gasteiger partial charge is 0.172 e. The molecule has 0 N–H and O–H groups in total. The first-order valence-corrected chi connectivity index (χ1v) is 3.04. The Bertz CT molecular complexity index is 288. The van der Waals surface area contributed by atoms with E-state index in [1.165, 1.54) is 4.57 Å². The van der Waals surface area contributed by atoms with Gasteiger partial charge in [0, 0.05) is 7.05 Å². The van der Waals surface area contributed by atoms with Gasteiger partial charge in [-0.05, 0) is 6.07 Å². The zero-order valence-electron chi connectivity index (χ0n) is 5.21. The van der Waals surface area contributed by atoms with Crippen molar-refractivity contribution in [1.82, 2.24) is 0 Å². The van der Waals surface area contributed by atoms with Crippen LogP contribution in [0.25, 0.3) is 0 Å². The van der Waals surface area contributed by atoms with Crippen molar-refractivity contribution in [3.63, 3.8) is 0 Å². The molecule has 50 valence electrons. The highest BCUT2D eigenvalue weighted by Crippen LogP contribution is 2.01. The molecule has 0 aliphatic rings. The molecule has 0 saturated heterocycles. The van der Waals surface area contributed by atoms with Crippen LogP contribution in [0.4, 0.5) is 0 Å². The van der Waals surface area contributed by atoms with Gasteiger partial charge in [-0.15, -0.1) is 0 Å². The summed E-state index contributed by atoms with van der Waals surface area (Å²) < 4.78 is 1.44. The van der Waals surface area contributed by atoms with Gasteiger partial charge in [0.2, 0.25) is 0 Å². The Balaban J connectivity index is 3.20. The molecule has 0 aromatic carbocycles. The summed E-state index contributed by atoms with van der Waals surface area (Å²) in [4.78, 5) is 0. The van der Waals surface area contributed by atoms with Gasteiger partial charge in [-0.1, -0.05) is 17.7 Å². The Labute approximate surface area is 64.3 Å². The molecule has 0 saturated carbocycles. The van der Waals surface area contributed by atoms with E-state index in [0.29, 0.717) is 10.7 Å². The number of nitriles is 1. The first-order chi connectivity index (χ1) is 4.74. The standard InChI is InChI=1S/C7H5ClN2/c1-10-5-6(4-9)2-3-7(10)8/h2-3,5H,1H2. The molecular formula is C7H5ClN2. The first-order valence-electron chi connectivity index (χ1n) is 2.66. The Morgan fingerprint density at radius 1 is 1.60 bits per heavy atom. The van der Waals surface area contributed by atoms with Crippen molar-refractivity contribution in [2.45, 2.75) is 0 Å². The van der Waals surface area contributed by atoms with Gasteiger partial charge in [0.1, 0.15) is 0 Å². The minimum absolute atomic E-state index is 0.513. The Morgan fingerprint density at radius 3 is 2.80 bits per heavy atom. The van der Waals surface area contributed by atoms with Gasteiger partial charge in [-0.2, -0.15) is 5.26 Å². The summed E-state index contributed by atoms with van der Waals surface area (Å²) in [5.41, 5.74) is 0.555. The number of pyridine rings is 1. The molecule has 2 nitrogen and oxygen atoms in total. The van der Waals surface area contributed by atoms with Crippen LogP contribution in [0.15, 0.2) is 18.3 Å². The molecule has 0 aliphatic carbocycles. The van der Waals surface area contributed by atoms with Crippen molar-refractivity contribution >= 4 is 11.6 Å². The third kappa shape index (κ3) is 1.20. The van der Waals surface area contributed by atoms with Crippen molar-refractivity contribution in [3.8, 4) is 6.07 Å². The predicted octanol–water partition coefficient (Wildman–Crippen LogP) is 1.14. The number of nitrogens with zero attached hydrogens (tertiary/aromatic N) is 2. The summed E-state index contributed by atoms with van der Waals surface area (Å²) in [5, 5.41) is 8.93. The Morgan fingerprint density at radius 2 is 2.30 bits per heavy atom. The third-order valence-electron chi connectivity index (χ3n) is 1.10. The maximum atomic E-state index is 8.42. The molecular weight excluding hydrogens is 148 g/mol. The average molecular weight is 153 g/mol. The monoisotopic (exact) mass is 152 g/mol. The molecule has 3 heteroatoms. The Hall–Kier alpha value is -1.20. The minimum atomic E-state index is 0.513. The molecule has 0 amide bonds. The highest BCUT2D eigenvalue weighted by atomic mass is 35.5. The van der Waals surface area contributed by atoms with E-state index in [-0.39, 0.29) is 0 Å². The third-order valence-corrected chi connectivity index (χ3v) is 1.44. The van der Waals surface area contributed by atoms with Crippen LogP contribution in [0.3, 0.4) is 0 Å². The van der Waals surface area contributed by atoms with E-state index in [0.717, 1.165) is 0 Å². The van der Waals surface area contributed by atoms with E-state index < -0.39 is 0 Å². The van der Waals surface area contributed by atoms with Gasteiger partial charge in [0.25, 0.3) is 0 Å². The van der Waals surface area contributed by atoms with E-state index in [9.17, 15) is 0 Å². The number of hydrogen-bond donors (Lipinski definition) is 0. The van der Waals surface area contributed by atoms with Crippen LogP contribution in [0.1, 0.15) is 5.56 Å². The second-order valence-electron chi connectivity index (χ2n) is 1.82. The molecule has 1 aromatic rings. The van der Waals surface area contributed by atoms with Gasteiger partial charge in [-0.25, -0.2) is 0 Å². The normalized spacial score (nSPS) is 8.80. The van der Waals surface area contributed by atoms with Crippen LogP contribution >= 0.6 is 11.6 Å². The highest BCUT2D eigenvalue weighted by Gasteiger charge is 1.93. The van der Waals surface area contributed by atoms with Gasteiger partial charge in [0.05, 0.1) is 17.8 Å². The zero-order chi connectivity index (χ0) is 7.56. The molecule has 0 aliphatic heterocycles. The van der Waals surface area contributed by atoms with Crippen molar-refractivity contribution in [3.05, 3.63) is 36.1 Å². The quantitative estimate of drug-likeness (QED) is 0.311. The summed E-state index contributed by atoms with van der Waals surface area (Å²) in [5.74, 6) is 0. The highest BCUT2D eigenvalue weighted by molar-refractivity contribution is 6.28.